The van der Waals surface area contributed by atoms with Gasteiger partial charge >= 0.3 is 0 Å². The number of β-amino-alcohol motifs (C(OH)–C–C–N with tert-alkyl or cyclic N) is 1. The number of anilines is 1. The monoisotopic (exact) mass is 447 g/mol. The lowest BCUT2D eigenvalue weighted by Crippen LogP contribution is -2.34. The number of nitrogens with zero attached hydrogens (tertiary/aromatic N) is 4. The number of aryl methyl sites for hydroxylation is 1. The smallest absolute Gasteiger partial charge is 0.274 e. The van der Waals surface area contributed by atoms with E-state index in [0.717, 1.165) is 17.8 Å². The Labute approximate surface area is 193 Å². The Balaban J connectivity index is 1.45. The lowest BCUT2D eigenvalue weighted by molar-refractivity contribution is 0.0726. The molecule has 2 aromatic heterocycles. The first-order valence-electron chi connectivity index (χ1n) is 11.1. The number of carbonyl (C=O) groups excluding carboxylic acids is 2. The molecule has 1 saturated heterocycles. The van der Waals surface area contributed by atoms with Crippen LogP contribution in [0.4, 0.5) is 5.69 Å². The molecule has 33 heavy (non-hydrogen) atoms. The molecule has 3 atom stereocenters. The van der Waals surface area contributed by atoms with E-state index in [4.69, 9.17) is 0 Å². The Morgan fingerprint density at radius 2 is 2.03 bits per heavy atom. The maximum atomic E-state index is 12.9. The molecule has 0 saturated carbocycles. The van der Waals surface area contributed by atoms with Gasteiger partial charge in [-0.15, -0.1) is 0 Å². The second-order valence-electron chi connectivity index (χ2n) is 8.76. The molecule has 0 aliphatic carbocycles. The average Bonchev–Trinajstić information content (AvgIpc) is 3.37. The molecule has 3 heterocycles. The van der Waals surface area contributed by atoms with Crippen molar-refractivity contribution >= 4 is 17.5 Å². The highest BCUT2D eigenvalue weighted by Crippen LogP contribution is 2.23. The minimum atomic E-state index is -0.513. The molecule has 8 nitrogen and oxygen atoms in total. The summed E-state index contributed by atoms with van der Waals surface area (Å²) in [6, 6.07) is 10.8. The highest BCUT2D eigenvalue weighted by molar-refractivity contribution is 6.04. The van der Waals surface area contributed by atoms with Crippen LogP contribution in [-0.2, 0) is 13.5 Å². The third kappa shape index (κ3) is 5.12. The molecule has 0 spiro atoms. The maximum Gasteiger partial charge on any atom is 0.274 e. The molecular weight excluding hydrogens is 418 g/mol. The predicted octanol–water partition coefficient (Wildman–Crippen LogP) is 3.01. The van der Waals surface area contributed by atoms with Crippen molar-refractivity contribution in [2.45, 2.75) is 44.8 Å². The molecule has 2 N–H and O–H groups in total. The number of rotatable bonds is 6. The lowest BCUT2D eigenvalue weighted by atomic mass is 9.97. The molecule has 0 unspecified atom stereocenters. The van der Waals surface area contributed by atoms with Crippen LogP contribution in [0.2, 0.25) is 0 Å². The Morgan fingerprint density at radius 3 is 2.73 bits per heavy atom. The van der Waals surface area contributed by atoms with Crippen LogP contribution >= 0.6 is 0 Å². The van der Waals surface area contributed by atoms with Gasteiger partial charge in [-0.25, -0.2) is 4.98 Å². The number of imidazole rings is 1. The Kier molecular flexibility index (Phi) is 6.55. The standard InChI is InChI=1S/C25H29N5O3/c1-16(11-23-27-9-10-29(23)3)18-5-4-6-20(13-18)28-24(32)22-14-19(7-8-26-22)25(33)30-15-21(31)12-17(30)2/h4-10,13-14,16-17,21,31H,11-12,15H2,1-3H3,(H,28,32)/t16-,17-,21+/m1/s1. The van der Waals surface area contributed by atoms with Crippen LogP contribution in [0, 0.1) is 0 Å². The van der Waals surface area contributed by atoms with Crippen molar-refractivity contribution in [3.8, 4) is 0 Å². The third-order valence-electron chi connectivity index (χ3n) is 6.18. The normalized spacial score (nSPS) is 18.8. The minimum Gasteiger partial charge on any atom is -0.391 e. The van der Waals surface area contributed by atoms with E-state index < -0.39 is 6.10 Å². The fraction of sp³-hybridized carbons (Fsp3) is 0.360. The van der Waals surface area contributed by atoms with Crippen LogP contribution in [0.25, 0.3) is 0 Å². The largest absolute Gasteiger partial charge is 0.391 e. The van der Waals surface area contributed by atoms with Crippen molar-refractivity contribution in [2.24, 2.45) is 7.05 Å². The number of aliphatic hydroxyl groups is 1. The summed E-state index contributed by atoms with van der Waals surface area (Å²) in [6.45, 7) is 4.33. The van der Waals surface area contributed by atoms with Crippen LogP contribution < -0.4 is 5.32 Å². The zero-order chi connectivity index (χ0) is 23.5. The van der Waals surface area contributed by atoms with E-state index in [2.05, 4.69) is 22.2 Å². The number of carbonyl (C=O) groups is 2. The predicted molar refractivity (Wildman–Crippen MR) is 125 cm³/mol. The maximum absolute atomic E-state index is 12.9. The summed E-state index contributed by atoms with van der Waals surface area (Å²) < 4.78 is 2.01. The molecule has 3 aromatic rings. The number of benzene rings is 1. The van der Waals surface area contributed by atoms with E-state index in [1.807, 2.05) is 49.0 Å². The van der Waals surface area contributed by atoms with Crippen LogP contribution in [-0.4, -0.2) is 55.0 Å². The summed E-state index contributed by atoms with van der Waals surface area (Å²) in [5, 5.41) is 12.7. The fourth-order valence-electron chi connectivity index (χ4n) is 4.24. The molecule has 1 aliphatic heterocycles. The zero-order valence-corrected chi connectivity index (χ0v) is 19.1. The summed E-state index contributed by atoms with van der Waals surface area (Å²) in [7, 11) is 1.98. The molecular formula is C25H29N5O3. The zero-order valence-electron chi connectivity index (χ0n) is 19.1. The number of pyridine rings is 1. The Hall–Kier alpha value is -3.52. The molecule has 0 radical (unpaired) electrons. The summed E-state index contributed by atoms with van der Waals surface area (Å²) in [4.78, 5) is 35.9. The van der Waals surface area contributed by atoms with Gasteiger partial charge in [-0.05, 0) is 49.1 Å². The van der Waals surface area contributed by atoms with E-state index in [1.165, 1.54) is 12.3 Å². The van der Waals surface area contributed by atoms with Gasteiger partial charge in [0.15, 0.2) is 0 Å². The average molecular weight is 448 g/mol. The van der Waals surface area contributed by atoms with Gasteiger partial charge in [0.1, 0.15) is 11.5 Å². The fourth-order valence-corrected chi connectivity index (χ4v) is 4.24. The van der Waals surface area contributed by atoms with Crippen LogP contribution in [0.1, 0.15) is 58.4 Å². The van der Waals surface area contributed by atoms with Gasteiger partial charge in [0.25, 0.3) is 11.8 Å². The first-order chi connectivity index (χ1) is 15.8. The minimum absolute atomic E-state index is 0.0477. The Morgan fingerprint density at radius 1 is 1.21 bits per heavy atom. The number of nitrogens with one attached hydrogen (secondary N) is 1. The van der Waals surface area contributed by atoms with Crippen LogP contribution in [0.15, 0.2) is 55.0 Å². The number of likely N-dealkylation sites (tertiary alicyclic amines) is 1. The van der Waals surface area contributed by atoms with E-state index in [1.54, 1.807) is 17.2 Å². The van der Waals surface area contributed by atoms with Gasteiger partial charge in [-0.1, -0.05) is 19.1 Å². The molecule has 1 aromatic carbocycles. The summed E-state index contributed by atoms with van der Waals surface area (Å²) >= 11 is 0. The van der Waals surface area contributed by atoms with E-state index in [0.29, 0.717) is 24.2 Å². The van der Waals surface area contributed by atoms with Crippen molar-refractivity contribution in [1.29, 1.82) is 0 Å². The van der Waals surface area contributed by atoms with Gasteiger partial charge in [0.2, 0.25) is 0 Å². The molecule has 172 valence electrons. The van der Waals surface area contributed by atoms with E-state index in [-0.39, 0.29) is 29.5 Å². The molecule has 1 aliphatic rings. The highest BCUT2D eigenvalue weighted by Gasteiger charge is 2.32. The van der Waals surface area contributed by atoms with Crippen molar-refractivity contribution in [2.75, 3.05) is 11.9 Å². The van der Waals surface area contributed by atoms with E-state index >= 15 is 0 Å². The van der Waals surface area contributed by atoms with Gasteiger partial charge < -0.3 is 19.9 Å². The Bertz CT molecular complexity index is 1160. The molecule has 8 heteroatoms. The first-order valence-corrected chi connectivity index (χ1v) is 11.1. The van der Waals surface area contributed by atoms with Crippen molar-refractivity contribution in [3.05, 3.63) is 77.6 Å². The van der Waals surface area contributed by atoms with Gasteiger partial charge in [-0.2, -0.15) is 0 Å². The lowest BCUT2D eigenvalue weighted by Gasteiger charge is -2.21. The topological polar surface area (TPSA) is 100 Å². The first kappa shape index (κ1) is 22.7. The molecule has 4 rings (SSSR count). The number of aliphatic hydroxyl groups excluding tert-OH is 1. The van der Waals surface area contributed by atoms with Crippen molar-refractivity contribution < 1.29 is 14.7 Å². The quantitative estimate of drug-likeness (QED) is 0.605. The molecule has 1 fully saturated rings. The van der Waals surface area contributed by atoms with Crippen LogP contribution in [0.5, 0.6) is 0 Å². The highest BCUT2D eigenvalue weighted by atomic mass is 16.3. The van der Waals surface area contributed by atoms with Gasteiger partial charge in [0, 0.05) is 55.9 Å². The number of aromatic nitrogens is 3. The summed E-state index contributed by atoms with van der Waals surface area (Å²) in [5.41, 5.74) is 2.31. The van der Waals surface area contributed by atoms with Crippen molar-refractivity contribution in [1.82, 2.24) is 19.4 Å². The number of amides is 2. The number of hydrogen-bond donors (Lipinski definition) is 2. The summed E-state index contributed by atoms with van der Waals surface area (Å²) in [5.74, 6) is 0.635. The molecule has 2 amide bonds. The summed E-state index contributed by atoms with van der Waals surface area (Å²) in [6.07, 6.45) is 6.01. The van der Waals surface area contributed by atoms with Gasteiger partial charge in [0.05, 0.1) is 6.10 Å². The second-order valence-corrected chi connectivity index (χ2v) is 8.76. The second kappa shape index (κ2) is 9.54. The van der Waals surface area contributed by atoms with Crippen molar-refractivity contribution in [3.63, 3.8) is 0 Å². The molecule has 0 bridgehead atoms. The van der Waals surface area contributed by atoms with Gasteiger partial charge in [-0.3, -0.25) is 14.6 Å². The third-order valence-corrected chi connectivity index (χ3v) is 6.18. The number of hydrogen-bond acceptors (Lipinski definition) is 5. The van der Waals surface area contributed by atoms with Crippen LogP contribution in [0.3, 0.4) is 0 Å². The SMILES string of the molecule is C[C@H](Cc1nccn1C)c1cccc(NC(=O)c2cc(C(=O)N3C[C@@H](O)C[C@H]3C)ccn2)c1. The van der Waals surface area contributed by atoms with E-state index in [9.17, 15) is 14.7 Å².